The van der Waals surface area contributed by atoms with E-state index in [0.29, 0.717) is 5.56 Å². The number of carbonyl (C=O) groups is 2. The predicted molar refractivity (Wildman–Crippen MR) is 74.0 cm³/mol. The van der Waals surface area contributed by atoms with E-state index in [1.165, 1.54) is 24.3 Å². The van der Waals surface area contributed by atoms with Crippen molar-refractivity contribution >= 4 is 11.7 Å². The molecule has 0 aliphatic carbocycles. The molecular weight excluding hydrogens is 259 g/mol. The predicted octanol–water partition coefficient (Wildman–Crippen LogP) is 1.66. The Morgan fingerprint density at radius 1 is 1.15 bits per heavy atom. The van der Waals surface area contributed by atoms with Crippen LogP contribution in [0.3, 0.4) is 0 Å². The zero-order valence-electron chi connectivity index (χ0n) is 11.3. The monoisotopic (exact) mass is 278 g/mol. The molecule has 0 unspecified atom stereocenters. The molecule has 0 bridgehead atoms. The molecule has 108 valence electrons. The number of hydrogen-bond donors (Lipinski definition) is 2. The summed E-state index contributed by atoms with van der Waals surface area (Å²) in [5.74, 6) is -0.594. The van der Waals surface area contributed by atoms with Crippen LogP contribution in [-0.4, -0.2) is 30.8 Å². The van der Waals surface area contributed by atoms with Gasteiger partial charge in [0.05, 0.1) is 0 Å². The maximum absolute atomic E-state index is 12.7. The Bertz CT molecular complexity index is 467. The van der Waals surface area contributed by atoms with Gasteiger partial charge in [0.15, 0.2) is 5.78 Å². The minimum atomic E-state index is -0.370. The van der Waals surface area contributed by atoms with Crippen LogP contribution in [0.5, 0.6) is 0 Å². The summed E-state index contributed by atoms with van der Waals surface area (Å²) in [6, 6.07) is 5.61. The third-order valence-corrected chi connectivity index (χ3v) is 3.45. The number of benzene rings is 1. The standard InChI is InChI=1S/C15H19FN2O2/c16-12-3-1-11(2-4-12)14(19)5-6-15(20)18-13-7-9-17-10-8-13/h1-4,13,17H,5-10H2,(H,18,20). The zero-order chi connectivity index (χ0) is 14.4. The van der Waals surface area contributed by atoms with Crippen molar-refractivity contribution in [1.82, 2.24) is 10.6 Å². The molecular formula is C15H19FN2O2. The van der Waals surface area contributed by atoms with Gasteiger partial charge in [-0.3, -0.25) is 9.59 Å². The molecule has 1 aromatic rings. The molecule has 1 saturated heterocycles. The SMILES string of the molecule is O=C(CCC(=O)c1ccc(F)cc1)NC1CCNCC1. The van der Waals surface area contributed by atoms with Gasteiger partial charge in [-0.05, 0) is 50.2 Å². The number of amides is 1. The summed E-state index contributed by atoms with van der Waals surface area (Å²) < 4.78 is 12.7. The molecule has 1 aliphatic heterocycles. The lowest BCUT2D eigenvalue weighted by molar-refractivity contribution is -0.121. The van der Waals surface area contributed by atoms with Crippen molar-refractivity contribution in [2.24, 2.45) is 0 Å². The minimum absolute atomic E-state index is 0.0904. The number of halogens is 1. The van der Waals surface area contributed by atoms with Crippen molar-refractivity contribution in [3.63, 3.8) is 0 Å². The molecule has 1 aromatic carbocycles. The van der Waals surface area contributed by atoms with Crippen molar-refractivity contribution in [2.75, 3.05) is 13.1 Å². The summed E-state index contributed by atoms with van der Waals surface area (Å²) in [6.45, 7) is 1.83. The molecule has 0 atom stereocenters. The van der Waals surface area contributed by atoms with Crippen LogP contribution in [0.15, 0.2) is 24.3 Å². The topological polar surface area (TPSA) is 58.2 Å². The highest BCUT2D eigenvalue weighted by atomic mass is 19.1. The van der Waals surface area contributed by atoms with Crippen molar-refractivity contribution in [1.29, 1.82) is 0 Å². The third kappa shape index (κ3) is 4.42. The van der Waals surface area contributed by atoms with Crippen molar-refractivity contribution in [2.45, 2.75) is 31.7 Å². The Kier molecular flexibility index (Phi) is 5.24. The molecule has 0 aromatic heterocycles. The quantitative estimate of drug-likeness (QED) is 0.805. The Hall–Kier alpha value is -1.75. The van der Waals surface area contributed by atoms with E-state index >= 15 is 0 Å². The molecule has 4 nitrogen and oxygen atoms in total. The lowest BCUT2D eigenvalue weighted by atomic mass is 10.0. The molecule has 0 spiro atoms. The largest absolute Gasteiger partial charge is 0.353 e. The van der Waals surface area contributed by atoms with Gasteiger partial charge >= 0.3 is 0 Å². The molecule has 5 heteroatoms. The number of Topliss-reactive ketones (excluding diaryl/α,β-unsaturated/α-hetero) is 1. The number of ketones is 1. The fourth-order valence-corrected chi connectivity index (χ4v) is 2.27. The number of nitrogens with one attached hydrogen (secondary N) is 2. The van der Waals surface area contributed by atoms with Gasteiger partial charge in [0.1, 0.15) is 5.82 Å². The highest BCUT2D eigenvalue weighted by molar-refractivity contribution is 5.97. The van der Waals surface area contributed by atoms with Crippen LogP contribution in [0.4, 0.5) is 4.39 Å². The highest BCUT2D eigenvalue weighted by Crippen LogP contribution is 2.08. The van der Waals surface area contributed by atoms with Gasteiger partial charge in [0.2, 0.25) is 5.91 Å². The molecule has 1 fully saturated rings. The number of rotatable bonds is 5. The van der Waals surface area contributed by atoms with Crippen LogP contribution in [0.2, 0.25) is 0 Å². The van der Waals surface area contributed by atoms with Gasteiger partial charge in [0.25, 0.3) is 0 Å². The molecule has 1 amide bonds. The van der Waals surface area contributed by atoms with Crippen LogP contribution in [0, 0.1) is 5.82 Å². The maximum Gasteiger partial charge on any atom is 0.220 e. The molecule has 20 heavy (non-hydrogen) atoms. The summed E-state index contributed by atoms with van der Waals surface area (Å²) in [4.78, 5) is 23.6. The Labute approximate surface area is 117 Å². The number of piperidine rings is 1. The van der Waals surface area contributed by atoms with Gasteiger partial charge in [-0.2, -0.15) is 0 Å². The third-order valence-electron chi connectivity index (χ3n) is 3.45. The van der Waals surface area contributed by atoms with Gasteiger partial charge < -0.3 is 10.6 Å². The molecule has 0 radical (unpaired) electrons. The summed E-state index contributed by atoms with van der Waals surface area (Å²) in [5, 5.41) is 6.17. The Morgan fingerprint density at radius 3 is 2.45 bits per heavy atom. The highest BCUT2D eigenvalue weighted by Gasteiger charge is 2.16. The second-order valence-electron chi connectivity index (χ2n) is 5.02. The van der Waals surface area contributed by atoms with Crippen LogP contribution in [0.25, 0.3) is 0 Å². The van der Waals surface area contributed by atoms with E-state index in [1.807, 2.05) is 0 Å². The number of hydrogen-bond acceptors (Lipinski definition) is 3. The van der Waals surface area contributed by atoms with E-state index in [2.05, 4.69) is 10.6 Å². The molecule has 2 rings (SSSR count). The molecule has 1 aliphatic rings. The van der Waals surface area contributed by atoms with E-state index in [0.717, 1.165) is 25.9 Å². The zero-order valence-corrected chi connectivity index (χ0v) is 11.3. The fraction of sp³-hybridized carbons (Fsp3) is 0.467. The van der Waals surface area contributed by atoms with Gasteiger partial charge in [-0.1, -0.05) is 0 Å². The van der Waals surface area contributed by atoms with E-state index in [9.17, 15) is 14.0 Å². The Balaban J connectivity index is 1.75. The van der Waals surface area contributed by atoms with E-state index < -0.39 is 0 Å². The lowest BCUT2D eigenvalue weighted by Gasteiger charge is -2.23. The fourth-order valence-electron chi connectivity index (χ4n) is 2.27. The summed E-state index contributed by atoms with van der Waals surface area (Å²) >= 11 is 0. The van der Waals surface area contributed by atoms with Gasteiger partial charge in [0, 0.05) is 24.4 Å². The first-order valence-corrected chi connectivity index (χ1v) is 6.94. The smallest absolute Gasteiger partial charge is 0.220 e. The summed E-state index contributed by atoms with van der Waals surface area (Å²) in [5.41, 5.74) is 0.445. The van der Waals surface area contributed by atoms with Crippen molar-refractivity contribution in [3.05, 3.63) is 35.6 Å². The van der Waals surface area contributed by atoms with Gasteiger partial charge in [-0.25, -0.2) is 4.39 Å². The molecule has 1 heterocycles. The second-order valence-corrected chi connectivity index (χ2v) is 5.02. The molecule has 2 N–H and O–H groups in total. The van der Waals surface area contributed by atoms with Crippen LogP contribution in [-0.2, 0) is 4.79 Å². The maximum atomic E-state index is 12.7. The lowest BCUT2D eigenvalue weighted by Crippen LogP contribution is -2.42. The van der Waals surface area contributed by atoms with Crippen molar-refractivity contribution < 1.29 is 14.0 Å². The van der Waals surface area contributed by atoms with Gasteiger partial charge in [-0.15, -0.1) is 0 Å². The average molecular weight is 278 g/mol. The number of carbonyl (C=O) groups excluding carboxylic acids is 2. The van der Waals surface area contributed by atoms with Crippen molar-refractivity contribution in [3.8, 4) is 0 Å². The summed E-state index contributed by atoms with van der Waals surface area (Å²) in [7, 11) is 0. The summed E-state index contributed by atoms with van der Waals surface area (Å²) in [6.07, 6.45) is 2.19. The van der Waals surface area contributed by atoms with Crippen LogP contribution >= 0.6 is 0 Å². The van der Waals surface area contributed by atoms with E-state index in [4.69, 9.17) is 0 Å². The van der Waals surface area contributed by atoms with Crippen LogP contribution in [0.1, 0.15) is 36.0 Å². The first-order valence-electron chi connectivity index (χ1n) is 6.94. The average Bonchev–Trinajstić information content (AvgIpc) is 2.46. The normalized spacial score (nSPS) is 15.8. The van der Waals surface area contributed by atoms with E-state index in [-0.39, 0.29) is 36.4 Å². The van der Waals surface area contributed by atoms with E-state index in [1.54, 1.807) is 0 Å². The second kappa shape index (κ2) is 7.14. The Morgan fingerprint density at radius 2 is 1.80 bits per heavy atom. The first kappa shape index (κ1) is 14.7. The molecule has 0 saturated carbocycles. The van der Waals surface area contributed by atoms with Crippen LogP contribution < -0.4 is 10.6 Å². The minimum Gasteiger partial charge on any atom is -0.353 e. The first-order chi connectivity index (χ1) is 9.65.